The Kier molecular flexibility index (Phi) is 4.75. The normalized spacial score (nSPS) is 20.1. The Hall–Kier alpha value is -1.15. The van der Waals surface area contributed by atoms with Crippen LogP contribution in [0.5, 0.6) is 0 Å². The van der Waals surface area contributed by atoms with E-state index in [1.165, 1.54) is 5.56 Å². The van der Waals surface area contributed by atoms with Crippen molar-refractivity contribution in [2.45, 2.75) is 44.6 Å². The highest BCUT2D eigenvalue weighted by Gasteiger charge is 2.20. The van der Waals surface area contributed by atoms with E-state index < -0.39 is 0 Å². The first-order valence-electron chi connectivity index (χ1n) is 6.54. The summed E-state index contributed by atoms with van der Waals surface area (Å²) in [6.45, 7) is 0.759. The minimum Gasteiger partial charge on any atom is -0.370 e. The topological polar surface area (TPSA) is 26.3 Å². The van der Waals surface area contributed by atoms with Crippen molar-refractivity contribution in [3.05, 3.63) is 35.9 Å². The molecule has 0 amide bonds. The third kappa shape index (κ3) is 3.97. The van der Waals surface area contributed by atoms with Crippen molar-refractivity contribution >= 4 is 5.78 Å². The average molecular weight is 232 g/mol. The van der Waals surface area contributed by atoms with Crippen molar-refractivity contribution in [3.8, 4) is 0 Å². The lowest BCUT2D eigenvalue weighted by atomic mass is 10.00. The van der Waals surface area contributed by atoms with E-state index in [0.29, 0.717) is 12.2 Å². The van der Waals surface area contributed by atoms with E-state index >= 15 is 0 Å². The summed E-state index contributed by atoms with van der Waals surface area (Å²) in [7, 11) is 0. The van der Waals surface area contributed by atoms with Crippen molar-refractivity contribution < 1.29 is 9.53 Å². The summed E-state index contributed by atoms with van der Waals surface area (Å²) >= 11 is 0. The molecule has 1 fully saturated rings. The third-order valence-corrected chi connectivity index (χ3v) is 3.27. The highest BCUT2D eigenvalue weighted by molar-refractivity contribution is 5.83. The molecular weight excluding hydrogens is 212 g/mol. The lowest BCUT2D eigenvalue weighted by Gasteiger charge is -2.21. The van der Waals surface area contributed by atoms with Gasteiger partial charge in [-0.2, -0.15) is 0 Å². The Morgan fingerprint density at radius 3 is 2.76 bits per heavy atom. The molecule has 1 heterocycles. The van der Waals surface area contributed by atoms with E-state index in [9.17, 15) is 4.79 Å². The summed E-state index contributed by atoms with van der Waals surface area (Å²) in [4.78, 5) is 11.9. The van der Waals surface area contributed by atoms with Gasteiger partial charge in [-0.05, 0) is 37.7 Å². The minimum absolute atomic E-state index is 0.112. The lowest BCUT2D eigenvalue weighted by Crippen LogP contribution is -2.28. The molecule has 0 spiro atoms. The fourth-order valence-electron chi connectivity index (χ4n) is 2.27. The van der Waals surface area contributed by atoms with Crippen molar-refractivity contribution in [2.24, 2.45) is 0 Å². The van der Waals surface area contributed by atoms with Crippen LogP contribution in [0.1, 0.15) is 37.7 Å². The number of hydrogen-bond acceptors (Lipinski definition) is 2. The van der Waals surface area contributed by atoms with Gasteiger partial charge in [0.05, 0.1) is 0 Å². The molecule has 17 heavy (non-hydrogen) atoms. The number of carbonyl (C=O) groups excluding carboxylic acids is 1. The molecule has 0 N–H and O–H groups in total. The zero-order valence-electron chi connectivity index (χ0n) is 10.2. The van der Waals surface area contributed by atoms with Gasteiger partial charge in [-0.15, -0.1) is 0 Å². The smallest absolute Gasteiger partial charge is 0.161 e. The summed E-state index contributed by atoms with van der Waals surface area (Å²) in [6, 6.07) is 10.3. The molecule has 2 heteroatoms. The first kappa shape index (κ1) is 12.3. The molecule has 0 radical (unpaired) electrons. The Morgan fingerprint density at radius 2 is 2.06 bits per heavy atom. The average Bonchev–Trinajstić information content (AvgIpc) is 2.41. The summed E-state index contributed by atoms with van der Waals surface area (Å²) in [5.41, 5.74) is 1.31. The number of rotatable bonds is 5. The fourth-order valence-corrected chi connectivity index (χ4v) is 2.27. The monoisotopic (exact) mass is 232 g/mol. The van der Waals surface area contributed by atoms with Crippen LogP contribution in [0.15, 0.2) is 30.3 Å². The standard InChI is InChI=1S/C15H20O2/c16-14(15-11-4-5-12-17-15)10-6-9-13-7-2-1-3-8-13/h1-3,7-8,15H,4-6,9-12H2. The van der Waals surface area contributed by atoms with E-state index in [-0.39, 0.29) is 6.10 Å². The molecule has 1 aromatic carbocycles. The van der Waals surface area contributed by atoms with Gasteiger partial charge < -0.3 is 4.74 Å². The quantitative estimate of drug-likeness (QED) is 0.779. The second kappa shape index (κ2) is 6.55. The largest absolute Gasteiger partial charge is 0.370 e. The van der Waals surface area contributed by atoms with E-state index in [2.05, 4.69) is 12.1 Å². The highest BCUT2D eigenvalue weighted by atomic mass is 16.5. The van der Waals surface area contributed by atoms with Crippen LogP contribution in [-0.4, -0.2) is 18.5 Å². The predicted molar refractivity (Wildman–Crippen MR) is 68.0 cm³/mol. The molecule has 1 aliphatic rings. The van der Waals surface area contributed by atoms with Crippen LogP contribution in [-0.2, 0) is 16.0 Å². The van der Waals surface area contributed by atoms with Crippen LogP contribution >= 0.6 is 0 Å². The molecule has 1 aliphatic heterocycles. The van der Waals surface area contributed by atoms with Gasteiger partial charge in [0, 0.05) is 13.0 Å². The van der Waals surface area contributed by atoms with Gasteiger partial charge in [-0.3, -0.25) is 4.79 Å². The van der Waals surface area contributed by atoms with E-state index in [0.717, 1.165) is 38.7 Å². The number of carbonyl (C=O) groups is 1. The summed E-state index contributed by atoms with van der Waals surface area (Å²) in [5, 5.41) is 0. The fraction of sp³-hybridized carbons (Fsp3) is 0.533. The molecule has 1 saturated heterocycles. The molecule has 2 nitrogen and oxygen atoms in total. The number of Topliss-reactive ketones (excluding diaryl/α,β-unsaturated/α-hetero) is 1. The van der Waals surface area contributed by atoms with Crippen molar-refractivity contribution in [1.29, 1.82) is 0 Å². The number of aryl methyl sites for hydroxylation is 1. The number of ketones is 1. The second-order valence-electron chi connectivity index (χ2n) is 4.66. The summed E-state index contributed by atoms with van der Waals surface area (Å²) in [5.74, 6) is 0.292. The zero-order valence-corrected chi connectivity index (χ0v) is 10.2. The van der Waals surface area contributed by atoms with Gasteiger partial charge in [0.25, 0.3) is 0 Å². The molecule has 1 atom stereocenters. The molecule has 2 rings (SSSR count). The number of hydrogen-bond donors (Lipinski definition) is 0. The molecule has 1 unspecified atom stereocenters. The van der Waals surface area contributed by atoms with Gasteiger partial charge >= 0.3 is 0 Å². The molecule has 92 valence electrons. The van der Waals surface area contributed by atoms with Gasteiger partial charge in [0.2, 0.25) is 0 Å². The first-order chi connectivity index (χ1) is 8.36. The molecule has 1 aromatic rings. The maximum absolute atomic E-state index is 11.9. The van der Waals surface area contributed by atoms with Crippen LogP contribution in [0, 0.1) is 0 Å². The number of benzene rings is 1. The maximum Gasteiger partial charge on any atom is 0.161 e. The number of ether oxygens (including phenoxy) is 1. The van der Waals surface area contributed by atoms with Gasteiger partial charge in [-0.1, -0.05) is 30.3 Å². The third-order valence-electron chi connectivity index (χ3n) is 3.27. The van der Waals surface area contributed by atoms with E-state index in [1.54, 1.807) is 0 Å². The predicted octanol–water partition coefficient (Wildman–Crippen LogP) is 3.15. The lowest BCUT2D eigenvalue weighted by molar-refractivity contribution is -0.133. The molecule has 0 aliphatic carbocycles. The SMILES string of the molecule is O=C(CCCc1ccccc1)C1CCCCO1. The molecule has 0 saturated carbocycles. The van der Waals surface area contributed by atoms with Crippen LogP contribution < -0.4 is 0 Å². The van der Waals surface area contributed by atoms with Crippen LogP contribution in [0.4, 0.5) is 0 Å². The Labute approximate surface area is 103 Å². The van der Waals surface area contributed by atoms with Crippen LogP contribution in [0.25, 0.3) is 0 Å². The van der Waals surface area contributed by atoms with E-state index in [4.69, 9.17) is 4.74 Å². The van der Waals surface area contributed by atoms with Gasteiger partial charge in [0.1, 0.15) is 6.10 Å². The molecule has 0 bridgehead atoms. The maximum atomic E-state index is 11.9. The zero-order chi connectivity index (χ0) is 11.9. The Morgan fingerprint density at radius 1 is 1.24 bits per heavy atom. The van der Waals surface area contributed by atoms with Crippen molar-refractivity contribution in [1.82, 2.24) is 0 Å². The van der Waals surface area contributed by atoms with Gasteiger partial charge in [-0.25, -0.2) is 0 Å². The van der Waals surface area contributed by atoms with Crippen molar-refractivity contribution in [2.75, 3.05) is 6.61 Å². The Balaban J connectivity index is 1.69. The second-order valence-corrected chi connectivity index (χ2v) is 4.66. The highest BCUT2D eigenvalue weighted by Crippen LogP contribution is 2.16. The summed E-state index contributed by atoms with van der Waals surface area (Å²) in [6.07, 6.45) is 5.62. The molecular formula is C15H20O2. The van der Waals surface area contributed by atoms with Gasteiger partial charge in [0.15, 0.2) is 5.78 Å². The van der Waals surface area contributed by atoms with E-state index in [1.807, 2.05) is 18.2 Å². The van der Waals surface area contributed by atoms with Crippen LogP contribution in [0.2, 0.25) is 0 Å². The Bertz CT molecular complexity index is 339. The van der Waals surface area contributed by atoms with Crippen LogP contribution in [0.3, 0.4) is 0 Å². The van der Waals surface area contributed by atoms with Crippen molar-refractivity contribution in [3.63, 3.8) is 0 Å². The minimum atomic E-state index is -0.112. The molecule has 0 aromatic heterocycles. The summed E-state index contributed by atoms with van der Waals surface area (Å²) < 4.78 is 5.49. The first-order valence-corrected chi connectivity index (χ1v) is 6.54.